The van der Waals surface area contributed by atoms with E-state index in [-0.39, 0.29) is 11.9 Å². The van der Waals surface area contributed by atoms with Gasteiger partial charge in [-0.25, -0.2) is 0 Å². The molecular weight excluding hydrogens is 310 g/mol. The minimum Gasteiger partial charge on any atom is -0.372 e. The third-order valence-electron chi connectivity index (χ3n) is 6.50. The Morgan fingerprint density at radius 2 is 1.64 bits per heavy atom. The molecule has 1 heterocycles. The van der Waals surface area contributed by atoms with E-state index in [0.717, 1.165) is 23.3 Å². The molecule has 1 saturated carbocycles. The lowest BCUT2D eigenvalue weighted by atomic mass is 10.1. The predicted octanol–water partition coefficient (Wildman–Crippen LogP) is 4.02. The molecule has 0 bridgehead atoms. The number of amides is 1. The minimum absolute atomic E-state index is 0.0372. The number of benzene rings is 1. The molecule has 138 valence electrons. The predicted molar refractivity (Wildman–Crippen MR) is 105 cm³/mol. The molecule has 4 heteroatoms. The fourth-order valence-corrected chi connectivity index (χ4v) is 4.34. The first-order chi connectivity index (χ1) is 12.0. The molecule has 0 unspecified atom stereocenters. The van der Waals surface area contributed by atoms with Crippen LogP contribution in [0.4, 0.5) is 11.4 Å². The normalized spacial score (nSPS) is 20.5. The molecule has 3 rings (SSSR count). The van der Waals surface area contributed by atoms with Gasteiger partial charge in [0.15, 0.2) is 6.04 Å². The third kappa shape index (κ3) is 4.17. The first-order valence-corrected chi connectivity index (χ1v) is 9.97. The quantitative estimate of drug-likeness (QED) is 0.818. The molecule has 1 aromatic rings. The van der Waals surface area contributed by atoms with Crippen molar-refractivity contribution in [1.29, 1.82) is 0 Å². The van der Waals surface area contributed by atoms with Crippen molar-refractivity contribution in [2.75, 3.05) is 37.4 Å². The van der Waals surface area contributed by atoms with Crippen LogP contribution in [0, 0.1) is 0 Å². The van der Waals surface area contributed by atoms with Crippen LogP contribution in [0.3, 0.4) is 0 Å². The van der Waals surface area contributed by atoms with Gasteiger partial charge in [-0.05, 0) is 76.1 Å². The van der Waals surface area contributed by atoms with Gasteiger partial charge in [0.1, 0.15) is 0 Å². The van der Waals surface area contributed by atoms with Gasteiger partial charge in [0.25, 0.3) is 5.91 Å². The summed E-state index contributed by atoms with van der Waals surface area (Å²) >= 11 is 0. The van der Waals surface area contributed by atoms with Crippen LogP contribution in [0.15, 0.2) is 24.3 Å². The molecule has 0 aromatic heterocycles. The number of likely N-dealkylation sites (N-methyl/N-ethyl adjacent to an activating group) is 1. The number of rotatable bonds is 5. The van der Waals surface area contributed by atoms with E-state index in [4.69, 9.17) is 0 Å². The standard InChI is InChI=1S/C21H33N3O/c1-17(24(2,3)20-9-5-6-10-20)21(25)22-18-11-13-19(14-12-18)23-15-7-4-8-16-23/h11-14,17,20H,4-10,15-16H2,1-3H3/p+1/t17-/m1/s1. The van der Waals surface area contributed by atoms with Crippen molar-refractivity contribution in [1.82, 2.24) is 0 Å². The van der Waals surface area contributed by atoms with Gasteiger partial charge < -0.3 is 14.7 Å². The van der Waals surface area contributed by atoms with Crippen LogP contribution in [-0.4, -0.2) is 49.7 Å². The Hall–Kier alpha value is -1.55. The fraction of sp³-hybridized carbons (Fsp3) is 0.667. The second-order valence-corrected chi connectivity index (χ2v) is 8.33. The van der Waals surface area contributed by atoms with E-state index in [2.05, 4.69) is 43.4 Å². The zero-order chi connectivity index (χ0) is 17.9. The molecule has 25 heavy (non-hydrogen) atoms. The molecule has 2 aliphatic rings. The van der Waals surface area contributed by atoms with E-state index in [1.807, 2.05) is 12.1 Å². The number of piperidine rings is 1. The van der Waals surface area contributed by atoms with Gasteiger partial charge in [-0.15, -0.1) is 0 Å². The van der Waals surface area contributed by atoms with Gasteiger partial charge in [0, 0.05) is 24.5 Å². The van der Waals surface area contributed by atoms with Crippen molar-refractivity contribution in [3.05, 3.63) is 24.3 Å². The van der Waals surface area contributed by atoms with Gasteiger partial charge in [0.2, 0.25) is 0 Å². The van der Waals surface area contributed by atoms with Crippen molar-refractivity contribution < 1.29 is 9.28 Å². The Labute approximate surface area is 152 Å². The summed E-state index contributed by atoms with van der Waals surface area (Å²) < 4.78 is 0.789. The van der Waals surface area contributed by atoms with Crippen molar-refractivity contribution in [2.24, 2.45) is 0 Å². The highest BCUT2D eigenvalue weighted by atomic mass is 16.2. The zero-order valence-electron chi connectivity index (χ0n) is 16.1. The highest BCUT2D eigenvalue weighted by Gasteiger charge is 2.39. The van der Waals surface area contributed by atoms with Crippen LogP contribution in [0.5, 0.6) is 0 Å². The van der Waals surface area contributed by atoms with Gasteiger partial charge in [-0.3, -0.25) is 4.79 Å². The second kappa shape index (κ2) is 7.77. The molecular formula is C21H34N3O+. The topological polar surface area (TPSA) is 32.3 Å². The first kappa shape index (κ1) is 18.2. The maximum absolute atomic E-state index is 12.8. The van der Waals surface area contributed by atoms with Crippen LogP contribution in [0.2, 0.25) is 0 Å². The number of hydrogen-bond acceptors (Lipinski definition) is 2. The molecule has 1 aliphatic carbocycles. The molecule has 0 spiro atoms. The van der Waals surface area contributed by atoms with Crippen molar-refractivity contribution >= 4 is 17.3 Å². The summed E-state index contributed by atoms with van der Waals surface area (Å²) in [5, 5.41) is 3.13. The molecule has 1 amide bonds. The van der Waals surface area contributed by atoms with Crippen LogP contribution >= 0.6 is 0 Å². The van der Waals surface area contributed by atoms with E-state index < -0.39 is 0 Å². The van der Waals surface area contributed by atoms with Crippen LogP contribution in [0.1, 0.15) is 51.9 Å². The summed E-state index contributed by atoms with van der Waals surface area (Å²) in [5.74, 6) is 0.127. The summed E-state index contributed by atoms with van der Waals surface area (Å²) in [6.07, 6.45) is 9.01. The summed E-state index contributed by atoms with van der Waals surface area (Å²) in [6.45, 7) is 4.36. The third-order valence-corrected chi connectivity index (χ3v) is 6.50. The summed E-state index contributed by atoms with van der Waals surface area (Å²) in [5.41, 5.74) is 2.18. The lowest BCUT2D eigenvalue weighted by Gasteiger charge is -2.40. The average molecular weight is 345 g/mol. The first-order valence-electron chi connectivity index (χ1n) is 9.97. The van der Waals surface area contributed by atoms with E-state index in [0.29, 0.717) is 6.04 Å². The number of hydrogen-bond donors (Lipinski definition) is 1. The van der Waals surface area contributed by atoms with Crippen molar-refractivity contribution in [2.45, 2.75) is 64.0 Å². The molecule has 1 aliphatic heterocycles. The van der Waals surface area contributed by atoms with Crippen LogP contribution in [-0.2, 0) is 4.79 Å². The maximum Gasteiger partial charge on any atom is 0.282 e. The van der Waals surface area contributed by atoms with E-state index in [1.54, 1.807) is 0 Å². The molecule has 1 aromatic carbocycles. The molecule has 4 nitrogen and oxygen atoms in total. The highest BCUT2D eigenvalue weighted by Crippen LogP contribution is 2.29. The second-order valence-electron chi connectivity index (χ2n) is 8.33. The van der Waals surface area contributed by atoms with Gasteiger partial charge in [-0.2, -0.15) is 0 Å². The SMILES string of the molecule is C[C@H](C(=O)Nc1ccc(N2CCCCC2)cc1)[N+](C)(C)C1CCCC1. The molecule has 1 saturated heterocycles. The number of quaternary nitrogens is 1. The van der Waals surface area contributed by atoms with E-state index >= 15 is 0 Å². The summed E-state index contributed by atoms with van der Waals surface area (Å²) in [4.78, 5) is 15.2. The van der Waals surface area contributed by atoms with Crippen LogP contribution in [0.25, 0.3) is 0 Å². The minimum atomic E-state index is -0.0372. The lowest BCUT2D eigenvalue weighted by molar-refractivity contribution is -0.927. The van der Waals surface area contributed by atoms with Crippen molar-refractivity contribution in [3.63, 3.8) is 0 Å². The van der Waals surface area contributed by atoms with Crippen molar-refractivity contribution in [3.8, 4) is 0 Å². The fourth-order valence-electron chi connectivity index (χ4n) is 4.34. The Kier molecular flexibility index (Phi) is 5.67. The van der Waals surface area contributed by atoms with Gasteiger partial charge in [-0.1, -0.05) is 0 Å². The summed E-state index contributed by atoms with van der Waals surface area (Å²) in [6, 6.07) is 8.95. The average Bonchev–Trinajstić information content (AvgIpc) is 3.18. The Bertz CT molecular complexity index is 569. The van der Waals surface area contributed by atoms with E-state index in [9.17, 15) is 4.79 Å². The Morgan fingerprint density at radius 3 is 2.24 bits per heavy atom. The molecule has 0 radical (unpaired) electrons. The Balaban J connectivity index is 1.60. The van der Waals surface area contributed by atoms with Gasteiger partial charge >= 0.3 is 0 Å². The largest absolute Gasteiger partial charge is 0.372 e. The maximum atomic E-state index is 12.8. The van der Waals surface area contributed by atoms with E-state index in [1.165, 1.54) is 50.6 Å². The smallest absolute Gasteiger partial charge is 0.282 e. The zero-order valence-corrected chi connectivity index (χ0v) is 16.1. The monoisotopic (exact) mass is 344 g/mol. The number of carbonyl (C=O) groups excluding carboxylic acids is 1. The number of anilines is 2. The lowest BCUT2D eigenvalue weighted by Crippen LogP contribution is -2.57. The van der Waals surface area contributed by atoms with Crippen LogP contribution < -0.4 is 10.2 Å². The number of carbonyl (C=O) groups is 1. The molecule has 2 fully saturated rings. The molecule has 1 atom stereocenters. The summed E-state index contributed by atoms with van der Waals surface area (Å²) in [7, 11) is 4.42. The number of nitrogens with one attached hydrogen (secondary N) is 1. The van der Waals surface area contributed by atoms with Gasteiger partial charge in [0.05, 0.1) is 20.1 Å². The highest BCUT2D eigenvalue weighted by molar-refractivity contribution is 5.94. The Morgan fingerprint density at radius 1 is 1.04 bits per heavy atom. The molecule has 1 N–H and O–H groups in total. The number of nitrogens with zero attached hydrogens (tertiary/aromatic N) is 2.